The van der Waals surface area contributed by atoms with Crippen LogP contribution in [0.4, 0.5) is 19.1 Å². The van der Waals surface area contributed by atoms with Crippen molar-refractivity contribution in [3.8, 4) is 0 Å². The van der Waals surface area contributed by atoms with Gasteiger partial charge in [-0.2, -0.15) is 13.2 Å². The Balaban J connectivity index is 2.58. The van der Waals surface area contributed by atoms with Gasteiger partial charge in [-0.25, -0.2) is 9.97 Å². The van der Waals surface area contributed by atoms with Gasteiger partial charge >= 0.3 is 6.18 Å². The van der Waals surface area contributed by atoms with Gasteiger partial charge in [0.1, 0.15) is 5.69 Å². The first-order chi connectivity index (χ1) is 7.93. The lowest BCUT2D eigenvalue weighted by Crippen LogP contribution is -2.15. The lowest BCUT2D eigenvalue weighted by atomic mass is 10.4. The highest BCUT2D eigenvalue weighted by Gasteiger charge is 2.32. The van der Waals surface area contributed by atoms with Gasteiger partial charge in [0.05, 0.1) is 0 Å². The van der Waals surface area contributed by atoms with Gasteiger partial charge in [0.15, 0.2) is 0 Å². The topological polar surface area (TPSA) is 54.9 Å². The standard InChI is InChI=1S/C9H12F3N3OS/c1-2-17(16)6-5-14-8-13-4-3-7(15-8)9(10,11)12/h3-4H,2,5-6H2,1H3,(H,13,14,15). The third kappa shape index (κ3) is 4.68. The van der Waals surface area contributed by atoms with E-state index < -0.39 is 22.7 Å². The molecule has 1 atom stereocenters. The van der Waals surface area contributed by atoms with Crippen molar-refractivity contribution in [2.24, 2.45) is 0 Å². The zero-order chi connectivity index (χ0) is 12.9. The third-order valence-corrected chi connectivity index (χ3v) is 3.18. The molecule has 1 unspecified atom stereocenters. The van der Waals surface area contributed by atoms with Crippen LogP contribution in [0.3, 0.4) is 0 Å². The maximum absolute atomic E-state index is 12.3. The predicted octanol–water partition coefficient (Wildman–Crippen LogP) is 1.68. The van der Waals surface area contributed by atoms with Crippen LogP contribution >= 0.6 is 0 Å². The van der Waals surface area contributed by atoms with Crippen molar-refractivity contribution in [2.75, 3.05) is 23.4 Å². The van der Waals surface area contributed by atoms with E-state index >= 15 is 0 Å². The molecule has 0 amide bonds. The summed E-state index contributed by atoms with van der Waals surface area (Å²) in [6.07, 6.45) is -3.44. The molecule has 1 rings (SSSR count). The Morgan fingerprint density at radius 2 is 2.18 bits per heavy atom. The van der Waals surface area contributed by atoms with Crippen molar-refractivity contribution in [3.05, 3.63) is 18.0 Å². The van der Waals surface area contributed by atoms with E-state index in [-0.39, 0.29) is 12.5 Å². The molecule has 0 aromatic carbocycles. The molecule has 1 aromatic heterocycles. The molecule has 1 aromatic rings. The lowest BCUT2D eigenvalue weighted by Gasteiger charge is -2.08. The first-order valence-corrected chi connectivity index (χ1v) is 6.41. The van der Waals surface area contributed by atoms with Crippen molar-refractivity contribution in [1.29, 1.82) is 0 Å². The van der Waals surface area contributed by atoms with Gasteiger partial charge in [-0.15, -0.1) is 0 Å². The maximum Gasteiger partial charge on any atom is 0.433 e. The molecular formula is C9H12F3N3OS. The van der Waals surface area contributed by atoms with Gasteiger partial charge in [0, 0.05) is 35.0 Å². The molecule has 0 saturated carbocycles. The molecule has 17 heavy (non-hydrogen) atoms. The number of halogens is 3. The molecule has 0 aliphatic rings. The second-order valence-corrected chi connectivity index (χ2v) is 4.99. The summed E-state index contributed by atoms with van der Waals surface area (Å²) in [4.78, 5) is 6.97. The molecule has 0 bridgehead atoms. The van der Waals surface area contributed by atoms with Crippen LogP contribution in [-0.4, -0.2) is 32.2 Å². The van der Waals surface area contributed by atoms with Crippen molar-refractivity contribution in [1.82, 2.24) is 9.97 Å². The highest BCUT2D eigenvalue weighted by Crippen LogP contribution is 2.27. The van der Waals surface area contributed by atoms with E-state index in [1.807, 2.05) is 0 Å². The van der Waals surface area contributed by atoms with E-state index in [1.165, 1.54) is 0 Å². The van der Waals surface area contributed by atoms with Crippen molar-refractivity contribution in [2.45, 2.75) is 13.1 Å². The minimum atomic E-state index is -4.48. The van der Waals surface area contributed by atoms with Crippen molar-refractivity contribution >= 4 is 16.7 Å². The summed E-state index contributed by atoms with van der Waals surface area (Å²) < 4.78 is 48.0. The Hall–Kier alpha value is -1.18. The second kappa shape index (κ2) is 5.95. The van der Waals surface area contributed by atoms with Gasteiger partial charge in [-0.3, -0.25) is 4.21 Å². The Kier molecular flexibility index (Phi) is 4.86. The Morgan fingerprint density at radius 3 is 2.76 bits per heavy atom. The molecule has 8 heteroatoms. The molecule has 1 N–H and O–H groups in total. The largest absolute Gasteiger partial charge is 0.433 e. The highest BCUT2D eigenvalue weighted by atomic mass is 32.2. The summed E-state index contributed by atoms with van der Waals surface area (Å²) in [5.74, 6) is 0.772. The van der Waals surface area contributed by atoms with E-state index in [2.05, 4.69) is 15.3 Å². The fraction of sp³-hybridized carbons (Fsp3) is 0.556. The molecular weight excluding hydrogens is 255 g/mol. The smallest absolute Gasteiger partial charge is 0.353 e. The highest BCUT2D eigenvalue weighted by molar-refractivity contribution is 7.84. The Bertz CT molecular complexity index is 397. The summed E-state index contributed by atoms with van der Waals surface area (Å²) in [5, 5.41) is 2.61. The van der Waals surface area contributed by atoms with E-state index in [0.717, 1.165) is 12.3 Å². The molecule has 0 spiro atoms. The molecule has 0 aliphatic heterocycles. The quantitative estimate of drug-likeness (QED) is 0.881. The van der Waals surface area contributed by atoms with Gasteiger partial charge in [0.2, 0.25) is 5.95 Å². The second-order valence-electron chi connectivity index (χ2n) is 3.12. The molecule has 4 nitrogen and oxygen atoms in total. The minimum absolute atomic E-state index is 0.104. The Morgan fingerprint density at radius 1 is 1.47 bits per heavy atom. The fourth-order valence-corrected chi connectivity index (χ4v) is 1.64. The monoisotopic (exact) mass is 267 g/mol. The predicted molar refractivity (Wildman–Crippen MR) is 59.1 cm³/mol. The van der Waals surface area contributed by atoms with Crippen LogP contribution in [0.25, 0.3) is 0 Å². The SMILES string of the molecule is CCS(=O)CCNc1nccc(C(F)(F)F)n1. The van der Waals surface area contributed by atoms with E-state index in [0.29, 0.717) is 11.5 Å². The normalized spacial score (nSPS) is 13.4. The van der Waals surface area contributed by atoms with Crippen LogP contribution in [-0.2, 0) is 17.0 Å². The summed E-state index contributed by atoms with van der Waals surface area (Å²) >= 11 is 0. The minimum Gasteiger partial charge on any atom is -0.353 e. The van der Waals surface area contributed by atoms with Crippen LogP contribution in [0.1, 0.15) is 12.6 Å². The lowest BCUT2D eigenvalue weighted by molar-refractivity contribution is -0.141. The first-order valence-electron chi connectivity index (χ1n) is 4.92. The van der Waals surface area contributed by atoms with Gasteiger partial charge in [-0.05, 0) is 6.07 Å². The summed E-state index contributed by atoms with van der Waals surface area (Å²) in [5.41, 5.74) is -0.994. The molecule has 0 radical (unpaired) electrons. The van der Waals surface area contributed by atoms with Crippen LogP contribution in [0.15, 0.2) is 12.3 Å². The number of nitrogens with one attached hydrogen (secondary N) is 1. The summed E-state index contributed by atoms with van der Waals surface area (Å²) in [6.45, 7) is 2.05. The van der Waals surface area contributed by atoms with Gasteiger partial charge in [0.25, 0.3) is 0 Å². The average Bonchev–Trinajstić information content (AvgIpc) is 2.28. The molecule has 0 fully saturated rings. The third-order valence-electron chi connectivity index (χ3n) is 1.88. The number of hydrogen-bond acceptors (Lipinski definition) is 4. The Labute approximate surface area is 99.1 Å². The van der Waals surface area contributed by atoms with Crippen LogP contribution in [0, 0.1) is 0 Å². The average molecular weight is 267 g/mol. The van der Waals surface area contributed by atoms with E-state index in [1.54, 1.807) is 6.92 Å². The van der Waals surface area contributed by atoms with Crippen molar-refractivity contribution in [3.63, 3.8) is 0 Å². The molecule has 1 heterocycles. The summed E-state index contributed by atoms with van der Waals surface area (Å²) in [7, 11) is -0.963. The number of hydrogen-bond donors (Lipinski definition) is 1. The fourth-order valence-electron chi connectivity index (χ4n) is 1.02. The van der Waals surface area contributed by atoms with Crippen LogP contribution < -0.4 is 5.32 Å². The van der Waals surface area contributed by atoms with Gasteiger partial charge in [-0.1, -0.05) is 6.92 Å². The number of alkyl halides is 3. The molecule has 0 saturated heterocycles. The number of nitrogens with zero attached hydrogens (tertiary/aromatic N) is 2. The number of anilines is 1. The molecule has 0 aliphatic carbocycles. The van der Waals surface area contributed by atoms with E-state index in [4.69, 9.17) is 0 Å². The van der Waals surface area contributed by atoms with Crippen LogP contribution in [0.5, 0.6) is 0 Å². The number of rotatable bonds is 5. The number of aromatic nitrogens is 2. The van der Waals surface area contributed by atoms with Crippen LogP contribution in [0.2, 0.25) is 0 Å². The molecule has 96 valence electrons. The zero-order valence-electron chi connectivity index (χ0n) is 9.12. The summed E-state index contributed by atoms with van der Waals surface area (Å²) in [6, 6.07) is 0.801. The first kappa shape index (κ1) is 13.9. The maximum atomic E-state index is 12.3. The van der Waals surface area contributed by atoms with E-state index in [9.17, 15) is 17.4 Å². The van der Waals surface area contributed by atoms with Crippen molar-refractivity contribution < 1.29 is 17.4 Å². The van der Waals surface area contributed by atoms with Gasteiger partial charge < -0.3 is 5.32 Å². The zero-order valence-corrected chi connectivity index (χ0v) is 9.94.